The summed E-state index contributed by atoms with van der Waals surface area (Å²) in [6.07, 6.45) is -8.74. The summed E-state index contributed by atoms with van der Waals surface area (Å²) in [4.78, 5) is 71.4. The van der Waals surface area contributed by atoms with E-state index in [0.717, 1.165) is 4.90 Å². The summed E-state index contributed by atoms with van der Waals surface area (Å²) in [5, 5.41) is 35.1. The number of nitrogens with one attached hydrogen (secondary N) is 2. The molecule has 0 aromatic heterocycles. The highest BCUT2D eigenvalue weighted by atomic mass is 16.8. The Bertz CT molecular complexity index is 1160. The van der Waals surface area contributed by atoms with Gasteiger partial charge in [-0.05, 0) is 17.7 Å². The van der Waals surface area contributed by atoms with Crippen LogP contribution < -0.4 is 15.4 Å². The molecule has 16 heteroatoms. The van der Waals surface area contributed by atoms with Crippen molar-refractivity contribution in [3.8, 4) is 5.75 Å². The second-order valence-electron chi connectivity index (χ2n) is 9.05. The van der Waals surface area contributed by atoms with Crippen LogP contribution in [0.25, 0.3) is 0 Å². The lowest BCUT2D eigenvalue weighted by molar-refractivity contribution is -0.321. The van der Waals surface area contributed by atoms with Gasteiger partial charge in [-0.15, -0.1) is 0 Å². The molecule has 0 bridgehead atoms. The van der Waals surface area contributed by atoms with E-state index in [0.29, 0.717) is 5.56 Å². The number of ether oxygens (including phenoxy) is 4. The first-order valence-electron chi connectivity index (χ1n) is 12.0. The van der Waals surface area contributed by atoms with Crippen LogP contribution in [0, 0.1) is 5.92 Å². The highest BCUT2D eigenvalue weighted by Crippen LogP contribution is 2.31. The zero-order chi connectivity index (χ0) is 29.6. The van der Waals surface area contributed by atoms with Crippen molar-refractivity contribution in [2.24, 2.45) is 5.92 Å². The van der Waals surface area contributed by atoms with Crippen molar-refractivity contribution >= 4 is 41.8 Å². The lowest BCUT2D eigenvalue weighted by atomic mass is 10.0. The second-order valence-corrected chi connectivity index (χ2v) is 9.05. The van der Waals surface area contributed by atoms with Gasteiger partial charge in [0.15, 0.2) is 0 Å². The molecule has 4 amide bonds. The number of esters is 1. The molecule has 40 heavy (non-hydrogen) atoms. The number of aliphatic hydroxyl groups excluding tert-OH is 3. The van der Waals surface area contributed by atoms with Gasteiger partial charge in [0.25, 0.3) is 6.47 Å². The molecule has 2 fully saturated rings. The van der Waals surface area contributed by atoms with Gasteiger partial charge in [0.2, 0.25) is 36.2 Å². The zero-order valence-corrected chi connectivity index (χ0v) is 21.5. The first-order valence-corrected chi connectivity index (χ1v) is 12.0. The number of nitrogens with zero attached hydrogens (tertiary/aromatic N) is 1. The molecular formula is C24H29N3O13. The van der Waals surface area contributed by atoms with Gasteiger partial charge < -0.3 is 40.2 Å². The molecule has 1 aromatic carbocycles. The van der Waals surface area contributed by atoms with Gasteiger partial charge in [0.1, 0.15) is 37.2 Å². The summed E-state index contributed by atoms with van der Waals surface area (Å²) in [6, 6.07) is 4.14. The van der Waals surface area contributed by atoms with Crippen molar-refractivity contribution in [3.05, 3.63) is 23.8 Å². The average molecular weight is 568 g/mol. The number of benzene rings is 1. The Labute approximate surface area is 227 Å². The van der Waals surface area contributed by atoms with E-state index in [1.165, 1.54) is 25.1 Å². The quantitative estimate of drug-likeness (QED) is 0.106. The molecule has 2 saturated heterocycles. The van der Waals surface area contributed by atoms with E-state index >= 15 is 0 Å². The van der Waals surface area contributed by atoms with Crippen LogP contribution in [-0.2, 0) is 49.6 Å². The fraction of sp³-hybridized carbons (Fsp3) is 0.500. The Hall–Kier alpha value is -4.12. The van der Waals surface area contributed by atoms with Crippen LogP contribution in [0.3, 0.4) is 0 Å². The summed E-state index contributed by atoms with van der Waals surface area (Å²) in [5.74, 6) is -3.71. The number of hydrogen-bond acceptors (Lipinski definition) is 13. The maximum absolute atomic E-state index is 12.6. The number of carbonyl (C=O) groups is 6. The van der Waals surface area contributed by atoms with Gasteiger partial charge in [-0.25, -0.2) is 0 Å². The number of aliphatic hydroxyl groups is 3. The highest BCUT2D eigenvalue weighted by molar-refractivity contribution is 6.06. The third-order valence-electron chi connectivity index (χ3n) is 5.94. The number of rotatable bonds is 11. The third kappa shape index (κ3) is 7.50. The van der Waals surface area contributed by atoms with E-state index in [-0.39, 0.29) is 30.9 Å². The number of likely N-dealkylation sites (tertiary alicyclic amines) is 1. The van der Waals surface area contributed by atoms with Crippen molar-refractivity contribution in [1.29, 1.82) is 0 Å². The summed E-state index contributed by atoms with van der Waals surface area (Å²) in [6.45, 7) is 1.45. The lowest BCUT2D eigenvalue weighted by Gasteiger charge is -2.39. The van der Waals surface area contributed by atoms with Gasteiger partial charge in [-0.3, -0.25) is 38.4 Å². The van der Waals surface area contributed by atoms with Crippen molar-refractivity contribution in [2.45, 2.75) is 57.8 Å². The van der Waals surface area contributed by atoms with Crippen LogP contribution >= 0.6 is 0 Å². The molecule has 2 heterocycles. The first kappa shape index (κ1) is 30.4. The molecule has 0 aliphatic carbocycles. The number of imide groups is 1. The maximum Gasteiger partial charge on any atom is 0.302 e. The SMILES string of the molecule is CC(=O)OCc1ccc(O[C@@H]2O[C@H](OC=O)[C@@H](O)[C@H](O)[C@H]2O)c(NC(=O)CNC(=O)CN2C(=O)CC(C)C2=O)c1. The smallest absolute Gasteiger partial charge is 0.302 e. The minimum atomic E-state index is -1.82. The van der Waals surface area contributed by atoms with Crippen LogP contribution in [0.15, 0.2) is 18.2 Å². The monoisotopic (exact) mass is 567 g/mol. The third-order valence-corrected chi connectivity index (χ3v) is 5.94. The average Bonchev–Trinajstić information content (AvgIpc) is 3.14. The largest absolute Gasteiger partial charge is 0.461 e. The van der Waals surface area contributed by atoms with E-state index in [1.807, 2.05) is 0 Å². The van der Waals surface area contributed by atoms with Gasteiger partial charge in [0.05, 0.1) is 12.2 Å². The summed E-state index contributed by atoms with van der Waals surface area (Å²) in [7, 11) is 0. The van der Waals surface area contributed by atoms with Gasteiger partial charge in [0, 0.05) is 19.3 Å². The number of carbonyl (C=O) groups excluding carboxylic acids is 6. The topological polar surface area (TPSA) is 227 Å². The van der Waals surface area contributed by atoms with Crippen molar-refractivity contribution in [2.75, 3.05) is 18.4 Å². The molecule has 2 aliphatic rings. The molecule has 2 aliphatic heterocycles. The normalized spacial score (nSPS) is 26.2. The maximum atomic E-state index is 12.6. The Balaban J connectivity index is 1.70. The van der Waals surface area contributed by atoms with Crippen LogP contribution in [-0.4, -0.2) is 100 Å². The van der Waals surface area contributed by atoms with Crippen LogP contribution in [0.4, 0.5) is 5.69 Å². The van der Waals surface area contributed by atoms with Gasteiger partial charge in [-0.2, -0.15) is 0 Å². The molecule has 6 atom stereocenters. The van der Waals surface area contributed by atoms with Gasteiger partial charge >= 0.3 is 5.97 Å². The molecule has 218 valence electrons. The van der Waals surface area contributed by atoms with Gasteiger partial charge in [-0.1, -0.05) is 13.0 Å². The predicted octanol–water partition coefficient (Wildman–Crippen LogP) is -2.48. The number of hydrogen-bond donors (Lipinski definition) is 5. The number of anilines is 1. The Morgan fingerprint density at radius 2 is 1.80 bits per heavy atom. The molecule has 0 saturated carbocycles. The molecule has 3 rings (SSSR count). The summed E-state index contributed by atoms with van der Waals surface area (Å²) in [5.41, 5.74) is 0.372. The van der Waals surface area contributed by atoms with E-state index < -0.39 is 79.5 Å². The second kappa shape index (κ2) is 13.3. The van der Waals surface area contributed by atoms with E-state index in [1.54, 1.807) is 6.92 Å². The number of amides is 4. The van der Waals surface area contributed by atoms with Crippen LogP contribution in [0.1, 0.15) is 25.8 Å². The van der Waals surface area contributed by atoms with Crippen molar-refractivity contribution in [1.82, 2.24) is 10.2 Å². The molecule has 1 unspecified atom stereocenters. The van der Waals surface area contributed by atoms with Crippen LogP contribution in [0.5, 0.6) is 5.75 Å². The van der Waals surface area contributed by atoms with E-state index in [2.05, 4.69) is 15.4 Å². The molecule has 1 aromatic rings. The molecular weight excluding hydrogens is 538 g/mol. The Kier molecular flexibility index (Phi) is 10.1. The lowest BCUT2D eigenvalue weighted by Crippen LogP contribution is -2.59. The molecule has 0 spiro atoms. The minimum absolute atomic E-state index is 0.00350. The van der Waals surface area contributed by atoms with E-state index in [9.17, 15) is 44.1 Å². The zero-order valence-electron chi connectivity index (χ0n) is 21.5. The molecule has 5 N–H and O–H groups in total. The Morgan fingerprint density at radius 1 is 1.10 bits per heavy atom. The van der Waals surface area contributed by atoms with Crippen LogP contribution in [0.2, 0.25) is 0 Å². The summed E-state index contributed by atoms with van der Waals surface area (Å²) >= 11 is 0. The highest BCUT2D eigenvalue weighted by Gasteiger charge is 2.46. The summed E-state index contributed by atoms with van der Waals surface area (Å²) < 4.78 is 20.3. The molecule has 0 radical (unpaired) electrons. The van der Waals surface area contributed by atoms with Crippen molar-refractivity contribution in [3.63, 3.8) is 0 Å². The predicted molar refractivity (Wildman–Crippen MR) is 129 cm³/mol. The Morgan fingerprint density at radius 3 is 2.42 bits per heavy atom. The molecule has 16 nitrogen and oxygen atoms in total. The fourth-order valence-electron chi connectivity index (χ4n) is 3.85. The standard InChI is InChI=1S/C24H29N3O13/c1-11-5-18(32)27(22(11)36)8-17(31)25-7-16(30)26-14-6-13(9-37-12(2)29)3-4-15(14)39-24-21(35)19(33)20(34)23(40-24)38-10-28/h3-4,6,10-11,19-21,23-24,33-35H,5,7-9H2,1-2H3,(H,25,31)(H,26,30)/t11?,19-,20-,21+,23-,24+/m0/s1. The minimum Gasteiger partial charge on any atom is -0.461 e. The fourth-order valence-corrected chi connectivity index (χ4v) is 3.85. The first-order chi connectivity index (χ1) is 18.9. The van der Waals surface area contributed by atoms with E-state index in [4.69, 9.17) is 14.2 Å². The van der Waals surface area contributed by atoms with Crippen molar-refractivity contribution < 1.29 is 63.0 Å².